The predicted octanol–water partition coefficient (Wildman–Crippen LogP) is 1.47. The van der Waals surface area contributed by atoms with Gasteiger partial charge in [-0.1, -0.05) is 0 Å². The molecule has 0 unspecified atom stereocenters. The van der Waals surface area contributed by atoms with E-state index in [1.165, 1.54) is 0 Å². The first-order chi connectivity index (χ1) is 5.81. The molecule has 0 aliphatic carbocycles. The fourth-order valence-corrected chi connectivity index (χ4v) is 0.838. The van der Waals surface area contributed by atoms with Crippen molar-refractivity contribution >= 4 is 24.1 Å². The van der Waals surface area contributed by atoms with Crippen molar-refractivity contribution in [1.29, 1.82) is 0 Å². The summed E-state index contributed by atoms with van der Waals surface area (Å²) in [6.07, 6.45) is 4.03. The summed E-state index contributed by atoms with van der Waals surface area (Å²) >= 11 is 1.74. The van der Waals surface area contributed by atoms with Crippen LogP contribution in [0.2, 0.25) is 0 Å². The zero-order valence-electron chi connectivity index (χ0n) is 7.37. The standard InChI is InChI=1S/C7H14N2O2S/c1-3-11-7(10)9-8-5-4-6-12-2/h5H,3-4,6H2,1-2H3,(H,9,10). The Kier molecular flexibility index (Phi) is 7.89. The van der Waals surface area contributed by atoms with E-state index in [1.807, 2.05) is 6.26 Å². The third-order valence-electron chi connectivity index (χ3n) is 0.974. The highest BCUT2D eigenvalue weighted by Gasteiger charge is 1.93. The monoisotopic (exact) mass is 190 g/mol. The molecule has 4 nitrogen and oxygen atoms in total. The van der Waals surface area contributed by atoms with Gasteiger partial charge in [-0.2, -0.15) is 16.9 Å². The van der Waals surface area contributed by atoms with Crippen LogP contribution in [-0.2, 0) is 4.74 Å². The second-order valence-corrected chi connectivity index (χ2v) is 2.91. The molecule has 1 N–H and O–H groups in total. The molecule has 0 fully saturated rings. The second kappa shape index (κ2) is 8.39. The van der Waals surface area contributed by atoms with Crippen LogP contribution in [0.15, 0.2) is 5.10 Å². The predicted molar refractivity (Wildman–Crippen MR) is 51.6 cm³/mol. The lowest BCUT2D eigenvalue weighted by atomic mass is 10.5. The number of nitrogens with zero attached hydrogens (tertiary/aromatic N) is 1. The lowest BCUT2D eigenvalue weighted by Gasteiger charge is -1.97. The maximum atomic E-state index is 10.6. The molecule has 0 aliphatic heterocycles. The molecular formula is C7H14N2O2S. The van der Waals surface area contributed by atoms with Crippen LogP contribution in [0.4, 0.5) is 4.79 Å². The van der Waals surface area contributed by atoms with Gasteiger partial charge in [-0.15, -0.1) is 0 Å². The highest BCUT2D eigenvalue weighted by atomic mass is 32.2. The van der Waals surface area contributed by atoms with Crippen LogP contribution in [0.1, 0.15) is 13.3 Å². The molecule has 0 heterocycles. The van der Waals surface area contributed by atoms with E-state index in [2.05, 4.69) is 15.3 Å². The SMILES string of the molecule is CCOC(=O)NN=CCCSC. The zero-order valence-corrected chi connectivity index (χ0v) is 8.19. The third-order valence-corrected chi connectivity index (χ3v) is 1.62. The minimum absolute atomic E-state index is 0.367. The number of hydrazone groups is 1. The van der Waals surface area contributed by atoms with E-state index < -0.39 is 6.09 Å². The molecule has 0 saturated heterocycles. The van der Waals surface area contributed by atoms with Gasteiger partial charge in [0.15, 0.2) is 0 Å². The number of rotatable bonds is 5. The number of ether oxygens (including phenoxy) is 1. The number of thioether (sulfide) groups is 1. The first-order valence-electron chi connectivity index (χ1n) is 3.74. The second-order valence-electron chi connectivity index (χ2n) is 1.93. The molecule has 1 amide bonds. The molecule has 0 aromatic rings. The van der Waals surface area contributed by atoms with E-state index in [-0.39, 0.29) is 0 Å². The van der Waals surface area contributed by atoms with Crippen molar-refractivity contribution in [2.45, 2.75) is 13.3 Å². The van der Waals surface area contributed by atoms with Gasteiger partial charge in [0.1, 0.15) is 0 Å². The highest BCUT2D eigenvalue weighted by Crippen LogP contribution is 1.91. The van der Waals surface area contributed by atoms with Crippen molar-refractivity contribution < 1.29 is 9.53 Å². The third kappa shape index (κ3) is 7.40. The number of amides is 1. The van der Waals surface area contributed by atoms with Gasteiger partial charge in [-0.25, -0.2) is 10.2 Å². The number of carbonyl (C=O) groups is 1. The Balaban J connectivity index is 3.27. The average Bonchev–Trinajstić information content (AvgIpc) is 2.05. The lowest BCUT2D eigenvalue weighted by Crippen LogP contribution is -2.18. The fraction of sp³-hybridized carbons (Fsp3) is 0.714. The summed E-state index contributed by atoms with van der Waals surface area (Å²) in [5, 5.41) is 3.66. The van der Waals surface area contributed by atoms with E-state index in [4.69, 9.17) is 0 Å². The maximum Gasteiger partial charge on any atom is 0.427 e. The normalized spacial score (nSPS) is 10.2. The van der Waals surface area contributed by atoms with Crippen LogP contribution in [0.3, 0.4) is 0 Å². The van der Waals surface area contributed by atoms with Crippen molar-refractivity contribution in [2.75, 3.05) is 18.6 Å². The molecule has 12 heavy (non-hydrogen) atoms. The minimum atomic E-state index is -0.502. The molecule has 0 aliphatic rings. The molecule has 0 rings (SSSR count). The zero-order chi connectivity index (χ0) is 9.23. The van der Waals surface area contributed by atoms with Crippen molar-refractivity contribution in [2.24, 2.45) is 5.10 Å². The molecule has 0 atom stereocenters. The molecule has 70 valence electrons. The van der Waals surface area contributed by atoms with E-state index >= 15 is 0 Å². The quantitative estimate of drug-likeness (QED) is 0.406. The Morgan fingerprint density at radius 3 is 3.08 bits per heavy atom. The first-order valence-corrected chi connectivity index (χ1v) is 5.13. The van der Waals surface area contributed by atoms with Gasteiger partial charge < -0.3 is 4.74 Å². The molecule has 0 aromatic heterocycles. The molecular weight excluding hydrogens is 176 g/mol. The van der Waals surface area contributed by atoms with Gasteiger partial charge in [0.25, 0.3) is 0 Å². The maximum absolute atomic E-state index is 10.6. The number of hydrogen-bond donors (Lipinski definition) is 1. The summed E-state index contributed by atoms with van der Waals surface area (Å²) in [6, 6.07) is 0. The van der Waals surface area contributed by atoms with Crippen LogP contribution in [-0.4, -0.2) is 30.9 Å². The van der Waals surface area contributed by atoms with Crippen LogP contribution < -0.4 is 5.43 Å². The van der Waals surface area contributed by atoms with Crippen LogP contribution in [0.25, 0.3) is 0 Å². The van der Waals surface area contributed by atoms with E-state index in [0.717, 1.165) is 12.2 Å². The fourth-order valence-electron chi connectivity index (χ4n) is 0.497. The van der Waals surface area contributed by atoms with Crippen molar-refractivity contribution in [3.63, 3.8) is 0 Å². The summed E-state index contributed by atoms with van der Waals surface area (Å²) in [4.78, 5) is 10.6. The van der Waals surface area contributed by atoms with Crippen molar-refractivity contribution in [3.8, 4) is 0 Å². The van der Waals surface area contributed by atoms with E-state index in [1.54, 1.807) is 24.9 Å². The largest absolute Gasteiger partial charge is 0.449 e. The summed E-state index contributed by atoms with van der Waals surface area (Å²) in [7, 11) is 0. The van der Waals surface area contributed by atoms with E-state index in [9.17, 15) is 4.79 Å². The van der Waals surface area contributed by atoms with Gasteiger partial charge in [-0.3, -0.25) is 0 Å². The van der Waals surface area contributed by atoms with Gasteiger partial charge in [0, 0.05) is 6.21 Å². The van der Waals surface area contributed by atoms with Gasteiger partial charge in [0.2, 0.25) is 0 Å². The van der Waals surface area contributed by atoms with Gasteiger partial charge in [0.05, 0.1) is 6.61 Å². The summed E-state index contributed by atoms with van der Waals surface area (Å²) < 4.78 is 4.58. The molecule has 5 heteroatoms. The Hall–Kier alpha value is -0.710. The summed E-state index contributed by atoms with van der Waals surface area (Å²) in [6.45, 7) is 2.11. The lowest BCUT2D eigenvalue weighted by molar-refractivity contribution is 0.152. The molecule has 0 aromatic carbocycles. The molecule has 0 radical (unpaired) electrons. The Bertz CT molecular complexity index is 150. The molecule has 0 spiro atoms. The molecule has 0 bridgehead atoms. The van der Waals surface area contributed by atoms with Gasteiger partial charge >= 0.3 is 6.09 Å². The number of nitrogens with one attached hydrogen (secondary N) is 1. The van der Waals surface area contributed by atoms with Crippen LogP contribution in [0.5, 0.6) is 0 Å². The van der Waals surface area contributed by atoms with Gasteiger partial charge in [-0.05, 0) is 25.4 Å². The van der Waals surface area contributed by atoms with Crippen LogP contribution in [0, 0.1) is 0 Å². The minimum Gasteiger partial charge on any atom is -0.449 e. The molecule has 0 saturated carbocycles. The number of carbonyl (C=O) groups excluding carboxylic acids is 1. The summed E-state index contributed by atoms with van der Waals surface area (Å²) in [5.74, 6) is 1.01. The summed E-state index contributed by atoms with van der Waals surface area (Å²) in [5.41, 5.74) is 2.24. The smallest absolute Gasteiger partial charge is 0.427 e. The van der Waals surface area contributed by atoms with Crippen LogP contribution >= 0.6 is 11.8 Å². The number of hydrogen-bond acceptors (Lipinski definition) is 4. The first kappa shape index (κ1) is 11.3. The Morgan fingerprint density at radius 1 is 1.75 bits per heavy atom. The highest BCUT2D eigenvalue weighted by molar-refractivity contribution is 7.98. The average molecular weight is 190 g/mol. The van der Waals surface area contributed by atoms with Crippen molar-refractivity contribution in [1.82, 2.24) is 5.43 Å². The van der Waals surface area contributed by atoms with Crippen molar-refractivity contribution in [3.05, 3.63) is 0 Å². The van der Waals surface area contributed by atoms with E-state index in [0.29, 0.717) is 6.61 Å². The Morgan fingerprint density at radius 2 is 2.50 bits per heavy atom. The topological polar surface area (TPSA) is 50.7 Å². The Labute approximate surface area is 76.7 Å².